The zero-order valence-corrected chi connectivity index (χ0v) is 13.6. The van der Waals surface area contributed by atoms with E-state index in [-0.39, 0.29) is 11.3 Å². The minimum Gasteiger partial charge on any atom is -0.370 e. The van der Waals surface area contributed by atoms with Gasteiger partial charge in [-0.25, -0.2) is 0 Å². The summed E-state index contributed by atoms with van der Waals surface area (Å²) in [5.41, 5.74) is 4.29. The molecule has 2 aliphatic rings. The van der Waals surface area contributed by atoms with E-state index in [4.69, 9.17) is 11.0 Å². The first-order valence-corrected chi connectivity index (χ1v) is 8.13. The second kappa shape index (κ2) is 6.23. The number of rotatable bonds is 2. The number of amides is 1. The molecule has 2 heterocycles. The van der Waals surface area contributed by atoms with Gasteiger partial charge in [-0.05, 0) is 44.1 Å². The fourth-order valence-corrected chi connectivity index (χ4v) is 4.05. The maximum atomic E-state index is 13.2. The van der Waals surface area contributed by atoms with Crippen LogP contribution >= 0.6 is 0 Å². The van der Waals surface area contributed by atoms with Crippen LogP contribution in [0.15, 0.2) is 18.2 Å². The van der Waals surface area contributed by atoms with Gasteiger partial charge in [-0.2, -0.15) is 18.4 Å². The Hall–Kier alpha value is -2.27. The summed E-state index contributed by atoms with van der Waals surface area (Å²) in [6, 6.07) is 5.27. The molecule has 0 aromatic heterocycles. The van der Waals surface area contributed by atoms with Crippen molar-refractivity contribution >= 4 is 11.6 Å². The lowest BCUT2D eigenvalue weighted by Gasteiger charge is -2.37. The number of piperidine rings is 1. The monoisotopic (exact) mass is 352 g/mol. The van der Waals surface area contributed by atoms with Crippen molar-refractivity contribution in [1.82, 2.24) is 5.32 Å². The molecule has 1 atom stereocenters. The van der Waals surface area contributed by atoms with E-state index in [1.807, 2.05) is 0 Å². The molecule has 0 aliphatic carbocycles. The molecule has 8 heteroatoms. The van der Waals surface area contributed by atoms with Crippen LogP contribution in [0.1, 0.15) is 24.0 Å². The fraction of sp³-hybridized carbons (Fsp3) is 0.529. The first-order chi connectivity index (χ1) is 11.8. The lowest BCUT2D eigenvalue weighted by atomic mass is 9.71. The fourth-order valence-electron chi connectivity index (χ4n) is 4.05. The number of carbonyl (C=O) groups excluding carboxylic acids is 1. The van der Waals surface area contributed by atoms with Gasteiger partial charge in [0.15, 0.2) is 0 Å². The summed E-state index contributed by atoms with van der Waals surface area (Å²) >= 11 is 0. The number of nitrogens with one attached hydrogen (secondary N) is 1. The summed E-state index contributed by atoms with van der Waals surface area (Å²) in [5, 5.41) is 12.2. The van der Waals surface area contributed by atoms with Crippen molar-refractivity contribution in [3.63, 3.8) is 0 Å². The van der Waals surface area contributed by atoms with E-state index in [1.165, 1.54) is 12.1 Å². The van der Waals surface area contributed by atoms with Crippen LogP contribution in [0.25, 0.3) is 0 Å². The molecular weight excluding hydrogens is 333 g/mol. The first kappa shape index (κ1) is 17.5. The van der Waals surface area contributed by atoms with Crippen molar-refractivity contribution in [2.24, 2.45) is 17.1 Å². The van der Waals surface area contributed by atoms with Gasteiger partial charge < -0.3 is 16.0 Å². The van der Waals surface area contributed by atoms with Gasteiger partial charge in [0, 0.05) is 24.2 Å². The van der Waals surface area contributed by atoms with Crippen LogP contribution in [0.3, 0.4) is 0 Å². The van der Waals surface area contributed by atoms with Gasteiger partial charge in [-0.3, -0.25) is 4.79 Å². The standard InChI is InChI=1S/C17H19F3N4O/c18-17(19,20)13-7-12(2-1-11(13)8-21)24-9-14(15(22)25)16(10-24)3-5-23-6-4-16/h1-2,7,14,23H,3-6,9-10H2,(H2,22,25). The number of nitrogens with zero attached hydrogens (tertiary/aromatic N) is 2. The summed E-state index contributed by atoms with van der Waals surface area (Å²) in [6.45, 7) is 2.32. The minimum atomic E-state index is -4.60. The van der Waals surface area contributed by atoms with Crippen molar-refractivity contribution in [3.8, 4) is 6.07 Å². The van der Waals surface area contributed by atoms with E-state index < -0.39 is 23.2 Å². The van der Waals surface area contributed by atoms with Crippen LogP contribution in [-0.2, 0) is 11.0 Å². The Morgan fingerprint density at radius 1 is 1.36 bits per heavy atom. The smallest absolute Gasteiger partial charge is 0.370 e. The molecule has 0 saturated carbocycles. The molecule has 25 heavy (non-hydrogen) atoms. The highest BCUT2D eigenvalue weighted by molar-refractivity contribution is 5.79. The molecule has 3 rings (SSSR count). The van der Waals surface area contributed by atoms with E-state index in [0.29, 0.717) is 18.8 Å². The highest BCUT2D eigenvalue weighted by Crippen LogP contribution is 2.45. The predicted octanol–water partition coefficient (Wildman–Crippen LogP) is 1.87. The van der Waals surface area contributed by atoms with Crippen LogP contribution in [0.4, 0.5) is 18.9 Å². The largest absolute Gasteiger partial charge is 0.417 e. The summed E-state index contributed by atoms with van der Waals surface area (Å²) < 4.78 is 39.6. The summed E-state index contributed by atoms with van der Waals surface area (Å²) in [5.74, 6) is -0.798. The predicted molar refractivity (Wildman–Crippen MR) is 85.6 cm³/mol. The van der Waals surface area contributed by atoms with Crippen molar-refractivity contribution in [2.45, 2.75) is 19.0 Å². The number of halogens is 3. The van der Waals surface area contributed by atoms with Gasteiger partial charge in [0.05, 0.1) is 23.1 Å². The normalized spacial score (nSPS) is 22.8. The van der Waals surface area contributed by atoms with E-state index >= 15 is 0 Å². The molecule has 5 nitrogen and oxygen atoms in total. The number of carbonyl (C=O) groups is 1. The Morgan fingerprint density at radius 3 is 2.60 bits per heavy atom. The molecule has 1 amide bonds. The molecule has 1 aromatic rings. The number of alkyl halides is 3. The van der Waals surface area contributed by atoms with Crippen LogP contribution < -0.4 is 16.0 Å². The van der Waals surface area contributed by atoms with Crippen LogP contribution in [-0.4, -0.2) is 32.1 Å². The third kappa shape index (κ3) is 3.16. The van der Waals surface area contributed by atoms with Gasteiger partial charge in [-0.15, -0.1) is 0 Å². The SMILES string of the molecule is N#Cc1ccc(N2CC(C(N)=O)C3(CCNCC3)C2)cc1C(F)(F)F. The molecule has 0 bridgehead atoms. The molecule has 2 saturated heterocycles. The van der Waals surface area contributed by atoms with Crippen LogP contribution in [0.5, 0.6) is 0 Å². The van der Waals surface area contributed by atoms with Crippen molar-refractivity contribution < 1.29 is 18.0 Å². The lowest BCUT2D eigenvalue weighted by Crippen LogP contribution is -2.45. The van der Waals surface area contributed by atoms with Gasteiger partial charge in [0.25, 0.3) is 0 Å². The summed E-state index contributed by atoms with van der Waals surface area (Å²) in [7, 11) is 0. The van der Waals surface area contributed by atoms with E-state index in [1.54, 1.807) is 11.0 Å². The maximum Gasteiger partial charge on any atom is 0.417 e. The third-order valence-corrected chi connectivity index (χ3v) is 5.38. The van der Waals surface area contributed by atoms with Crippen molar-refractivity contribution in [3.05, 3.63) is 29.3 Å². The third-order valence-electron chi connectivity index (χ3n) is 5.38. The van der Waals surface area contributed by atoms with Crippen molar-refractivity contribution in [2.75, 3.05) is 31.1 Å². The van der Waals surface area contributed by atoms with Crippen LogP contribution in [0, 0.1) is 22.7 Å². The Labute approximate surface area is 143 Å². The molecule has 0 radical (unpaired) electrons. The molecule has 1 unspecified atom stereocenters. The average molecular weight is 352 g/mol. The van der Waals surface area contributed by atoms with Gasteiger partial charge in [0.1, 0.15) is 0 Å². The zero-order chi connectivity index (χ0) is 18.2. The second-order valence-electron chi connectivity index (χ2n) is 6.79. The molecule has 1 spiro atoms. The quantitative estimate of drug-likeness (QED) is 0.851. The number of benzene rings is 1. The Kier molecular flexibility index (Phi) is 4.37. The maximum absolute atomic E-state index is 13.2. The Balaban J connectivity index is 1.95. The topological polar surface area (TPSA) is 82.2 Å². The first-order valence-electron chi connectivity index (χ1n) is 8.13. The molecule has 134 valence electrons. The number of nitriles is 1. The average Bonchev–Trinajstić information content (AvgIpc) is 2.93. The molecule has 3 N–H and O–H groups in total. The van der Waals surface area contributed by atoms with Gasteiger partial charge >= 0.3 is 6.18 Å². The lowest BCUT2D eigenvalue weighted by molar-refractivity contribution is -0.137. The molecule has 1 aromatic carbocycles. The number of hydrogen-bond donors (Lipinski definition) is 2. The number of primary amides is 1. The molecular formula is C17H19F3N4O. The summed E-state index contributed by atoms with van der Waals surface area (Å²) in [6.07, 6.45) is -3.07. The second-order valence-corrected chi connectivity index (χ2v) is 6.79. The van der Waals surface area contributed by atoms with Gasteiger partial charge in [0.2, 0.25) is 5.91 Å². The van der Waals surface area contributed by atoms with Gasteiger partial charge in [-0.1, -0.05) is 0 Å². The highest BCUT2D eigenvalue weighted by Gasteiger charge is 2.49. The Morgan fingerprint density at radius 2 is 2.04 bits per heavy atom. The van der Waals surface area contributed by atoms with E-state index in [0.717, 1.165) is 32.0 Å². The number of nitrogens with two attached hydrogens (primary N) is 1. The van der Waals surface area contributed by atoms with E-state index in [9.17, 15) is 18.0 Å². The highest BCUT2D eigenvalue weighted by atomic mass is 19.4. The number of hydrogen-bond acceptors (Lipinski definition) is 4. The Bertz CT molecular complexity index is 720. The minimum absolute atomic E-state index is 0.302. The van der Waals surface area contributed by atoms with Crippen LogP contribution in [0.2, 0.25) is 0 Å². The van der Waals surface area contributed by atoms with Crippen molar-refractivity contribution in [1.29, 1.82) is 5.26 Å². The number of anilines is 1. The zero-order valence-electron chi connectivity index (χ0n) is 13.6. The molecule has 2 aliphatic heterocycles. The van der Waals surface area contributed by atoms with E-state index in [2.05, 4.69) is 5.32 Å². The molecule has 2 fully saturated rings. The summed E-state index contributed by atoms with van der Waals surface area (Å²) in [4.78, 5) is 13.7.